The van der Waals surface area contributed by atoms with E-state index in [0.717, 1.165) is 0 Å². The van der Waals surface area contributed by atoms with Crippen LogP contribution in [-0.2, 0) is 0 Å². The number of nitrogens with zero attached hydrogens (tertiary/aromatic N) is 2. The van der Waals surface area contributed by atoms with Crippen LogP contribution in [0.15, 0.2) is 40.6 Å². The molecule has 1 saturated heterocycles. The molecule has 0 atom stereocenters. The lowest BCUT2D eigenvalue weighted by atomic mass is 10.2. The van der Waals surface area contributed by atoms with Crippen molar-refractivity contribution < 1.29 is 4.79 Å². The van der Waals surface area contributed by atoms with E-state index in [-0.39, 0.29) is 11.7 Å². The average molecular weight is 230 g/mol. The molecule has 17 heavy (non-hydrogen) atoms. The molecule has 2 amide bonds. The topological polar surface area (TPSA) is 114 Å². The molecule has 1 aromatic rings. The van der Waals surface area contributed by atoms with Crippen LogP contribution in [0.25, 0.3) is 0 Å². The fraction of sp³-hybridized carbons (Fsp3) is 0.100. The molecular formula is C10H10N6O. The van der Waals surface area contributed by atoms with Gasteiger partial charge in [0.1, 0.15) is 11.7 Å². The lowest BCUT2D eigenvalue weighted by molar-refractivity contribution is 0.248. The number of benzene rings is 1. The summed E-state index contributed by atoms with van der Waals surface area (Å²) in [6, 6.07) is 7.51. The van der Waals surface area contributed by atoms with Gasteiger partial charge < -0.3 is 0 Å². The van der Waals surface area contributed by atoms with Crippen molar-refractivity contribution in [2.24, 2.45) is 10.2 Å². The fourth-order valence-electron chi connectivity index (χ4n) is 1.29. The van der Waals surface area contributed by atoms with E-state index in [9.17, 15) is 4.79 Å². The van der Waals surface area contributed by atoms with Gasteiger partial charge in [0.15, 0.2) is 6.04 Å². The zero-order valence-corrected chi connectivity index (χ0v) is 8.77. The van der Waals surface area contributed by atoms with Gasteiger partial charge in [0.25, 0.3) is 0 Å². The van der Waals surface area contributed by atoms with E-state index in [2.05, 4.69) is 20.9 Å². The first-order valence-corrected chi connectivity index (χ1v) is 4.87. The molecular weight excluding hydrogens is 220 g/mol. The summed E-state index contributed by atoms with van der Waals surface area (Å²) in [4.78, 5) is 10.9. The zero-order chi connectivity index (χ0) is 12.3. The Bertz CT molecular complexity index is 475. The van der Waals surface area contributed by atoms with Crippen LogP contribution < -0.4 is 10.6 Å². The minimum Gasteiger partial charge on any atom is -0.294 e. The van der Waals surface area contributed by atoms with E-state index in [1.165, 1.54) is 0 Å². The summed E-state index contributed by atoms with van der Waals surface area (Å²) < 4.78 is 0. The number of hydrogen-bond donors (Lipinski definition) is 4. The number of nitrogens with one attached hydrogen (secondary N) is 4. The number of amides is 2. The molecule has 0 spiro atoms. The van der Waals surface area contributed by atoms with Gasteiger partial charge in [-0.15, -0.1) is 0 Å². The quantitative estimate of drug-likeness (QED) is 0.565. The monoisotopic (exact) mass is 230 g/mol. The third-order valence-corrected chi connectivity index (χ3v) is 2.09. The third-order valence-electron chi connectivity index (χ3n) is 2.09. The van der Waals surface area contributed by atoms with Crippen molar-refractivity contribution in [3.63, 3.8) is 0 Å². The van der Waals surface area contributed by atoms with E-state index in [1.54, 1.807) is 12.1 Å². The summed E-state index contributed by atoms with van der Waals surface area (Å²) in [6.07, 6.45) is 0. The van der Waals surface area contributed by atoms with Crippen molar-refractivity contribution in [1.29, 1.82) is 10.8 Å². The highest BCUT2D eigenvalue weighted by Crippen LogP contribution is 2.12. The second-order valence-corrected chi connectivity index (χ2v) is 3.36. The lowest BCUT2D eigenvalue weighted by Crippen LogP contribution is -2.57. The van der Waals surface area contributed by atoms with Crippen LogP contribution in [0.1, 0.15) is 0 Å². The third kappa shape index (κ3) is 2.51. The van der Waals surface area contributed by atoms with Crippen LogP contribution in [0, 0.1) is 10.8 Å². The van der Waals surface area contributed by atoms with Crippen molar-refractivity contribution in [2.45, 2.75) is 6.04 Å². The van der Waals surface area contributed by atoms with Gasteiger partial charge in [0.05, 0.1) is 5.69 Å². The molecule has 0 aromatic heterocycles. The Morgan fingerprint density at radius 3 is 2.24 bits per heavy atom. The van der Waals surface area contributed by atoms with Crippen molar-refractivity contribution in [3.05, 3.63) is 30.3 Å². The smallest absolute Gasteiger partial charge is 0.294 e. The summed E-state index contributed by atoms with van der Waals surface area (Å²) in [5, 5.41) is 27.2. The maximum atomic E-state index is 10.9. The number of carbonyl (C=O) groups is 1. The van der Waals surface area contributed by atoms with Crippen molar-refractivity contribution in [2.75, 3.05) is 0 Å². The molecule has 1 fully saturated rings. The summed E-state index contributed by atoms with van der Waals surface area (Å²) in [6.45, 7) is 0. The molecule has 1 heterocycles. The molecule has 0 aliphatic carbocycles. The molecule has 1 aliphatic rings. The average Bonchev–Trinajstić information content (AvgIpc) is 2.29. The van der Waals surface area contributed by atoms with Gasteiger partial charge in [-0.3, -0.25) is 21.5 Å². The van der Waals surface area contributed by atoms with Crippen LogP contribution in [-0.4, -0.2) is 23.7 Å². The summed E-state index contributed by atoms with van der Waals surface area (Å²) in [7, 11) is 0. The van der Waals surface area contributed by atoms with Gasteiger partial charge in [-0.25, -0.2) is 4.79 Å². The fourth-order valence-corrected chi connectivity index (χ4v) is 1.29. The highest BCUT2D eigenvalue weighted by Gasteiger charge is 2.28. The number of amidine groups is 2. The van der Waals surface area contributed by atoms with E-state index >= 15 is 0 Å². The van der Waals surface area contributed by atoms with Crippen molar-refractivity contribution >= 4 is 23.4 Å². The van der Waals surface area contributed by atoms with Crippen molar-refractivity contribution in [1.82, 2.24) is 10.6 Å². The second kappa shape index (κ2) is 4.52. The van der Waals surface area contributed by atoms with E-state index in [0.29, 0.717) is 5.69 Å². The Kier molecular flexibility index (Phi) is 2.91. The van der Waals surface area contributed by atoms with E-state index in [1.807, 2.05) is 18.2 Å². The molecule has 86 valence electrons. The zero-order valence-electron chi connectivity index (χ0n) is 8.77. The lowest BCUT2D eigenvalue weighted by Gasteiger charge is -2.20. The highest BCUT2D eigenvalue weighted by molar-refractivity contribution is 6.20. The number of rotatable bonds is 2. The van der Waals surface area contributed by atoms with Crippen molar-refractivity contribution in [3.8, 4) is 0 Å². The minimum absolute atomic E-state index is 0.154. The Hall–Kier alpha value is -2.57. The van der Waals surface area contributed by atoms with E-state index in [4.69, 9.17) is 10.8 Å². The summed E-state index contributed by atoms with van der Waals surface area (Å²) in [5.74, 6) is -0.308. The number of azo groups is 1. The second-order valence-electron chi connectivity index (χ2n) is 3.36. The molecule has 0 bridgehead atoms. The maximum Gasteiger partial charge on any atom is 0.325 e. The van der Waals surface area contributed by atoms with Crippen LogP contribution in [0.4, 0.5) is 10.5 Å². The Morgan fingerprint density at radius 2 is 1.65 bits per heavy atom. The predicted molar refractivity (Wildman–Crippen MR) is 61.9 cm³/mol. The molecule has 0 radical (unpaired) electrons. The Labute approximate surface area is 97.0 Å². The van der Waals surface area contributed by atoms with Gasteiger partial charge in [0.2, 0.25) is 0 Å². The SMILES string of the molecule is N=C1NC(=O)NC(=N)C1N=Nc1ccccc1. The Balaban J connectivity index is 2.13. The predicted octanol–water partition coefficient (Wildman–Crippen LogP) is 1.41. The first kappa shape index (κ1) is 10.9. The number of hydrogen-bond acceptors (Lipinski definition) is 5. The number of carbonyl (C=O) groups excluding carboxylic acids is 1. The normalized spacial score (nSPS) is 20.2. The molecule has 7 heteroatoms. The molecule has 7 nitrogen and oxygen atoms in total. The largest absolute Gasteiger partial charge is 0.325 e. The first-order chi connectivity index (χ1) is 8.16. The molecule has 1 aromatic carbocycles. The van der Waals surface area contributed by atoms with Gasteiger partial charge in [-0.1, -0.05) is 18.2 Å². The van der Waals surface area contributed by atoms with Gasteiger partial charge in [0, 0.05) is 0 Å². The number of urea groups is 1. The molecule has 0 unspecified atom stereocenters. The Morgan fingerprint density at radius 1 is 1.06 bits per heavy atom. The maximum absolute atomic E-state index is 10.9. The molecule has 0 saturated carbocycles. The van der Waals surface area contributed by atoms with Crippen LogP contribution in [0.3, 0.4) is 0 Å². The molecule has 4 N–H and O–H groups in total. The molecule has 1 aliphatic heterocycles. The van der Waals surface area contributed by atoms with Crippen LogP contribution in [0.2, 0.25) is 0 Å². The first-order valence-electron chi connectivity index (χ1n) is 4.87. The highest BCUT2D eigenvalue weighted by atomic mass is 16.2. The molecule has 2 rings (SSSR count). The van der Waals surface area contributed by atoms with Gasteiger partial charge >= 0.3 is 6.03 Å². The standard InChI is InChI=1S/C10H10N6O/c11-8-7(9(12)14-10(17)13-8)16-15-6-4-2-1-3-5-6/h1-5,7H,(H4,11,12,13,14,17). The van der Waals surface area contributed by atoms with Crippen LogP contribution >= 0.6 is 0 Å². The summed E-state index contributed by atoms with van der Waals surface area (Å²) >= 11 is 0. The van der Waals surface area contributed by atoms with Crippen LogP contribution in [0.5, 0.6) is 0 Å². The van der Waals surface area contributed by atoms with Gasteiger partial charge in [-0.05, 0) is 12.1 Å². The van der Waals surface area contributed by atoms with E-state index < -0.39 is 12.1 Å². The minimum atomic E-state index is -0.882. The van der Waals surface area contributed by atoms with Gasteiger partial charge in [-0.2, -0.15) is 10.2 Å². The summed E-state index contributed by atoms with van der Waals surface area (Å²) in [5.41, 5.74) is 0.630.